The standard InChI is InChI=1S/C16H11NO4S/c18-15-12-9-11(16(19)20)6-7-14(12)22-17(21)13(15)8-10-4-2-1-3-5-10/h1-7,9,13H,8H2/p+1. The highest BCUT2D eigenvalue weighted by Gasteiger charge is 2.43. The molecule has 0 fully saturated rings. The average Bonchev–Trinajstić information content (AvgIpc) is 2.52. The molecule has 2 aromatic carbocycles. The van der Waals surface area contributed by atoms with E-state index >= 15 is 0 Å². The van der Waals surface area contributed by atoms with E-state index in [1.165, 1.54) is 18.2 Å². The lowest BCUT2D eigenvalue weighted by Gasteiger charge is -2.15. The van der Waals surface area contributed by atoms with Gasteiger partial charge in [0, 0.05) is 16.9 Å². The number of benzene rings is 2. The third-order valence-corrected chi connectivity index (χ3v) is 4.50. The van der Waals surface area contributed by atoms with Gasteiger partial charge in [-0.15, -0.1) is 0 Å². The van der Waals surface area contributed by atoms with Gasteiger partial charge in [0.05, 0.1) is 14.6 Å². The number of hydrogen-bond acceptors (Lipinski definition) is 4. The van der Waals surface area contributed by atoms with Crippen molar-refractivity contribution in [3.05, 3.63) is 70.1 Å². The van der Waals surface area contributed by atoms with Crippen LogP contribution in [0.3, 0.4) is 0 Å². The van der Waals surface area contributed by atoms with Gasteiger partial charge < -0.3 is 5.11 Å². The molecule has 0 bridgehead atoms. The third-order valence-electron chi connectivity index (χ3n) is 3.51. The minimum atomic E-state index is -1.09. The molecule has 0 aromatic heterocycles. The van der Waals surface area contributed by atoms with Crippen LogP contribution >= 0.6 is 11.9 Å². The lowest BCUT2D eigenvalue weighted by Crippen LogP contribution is -2.35. The number of carbonyl (C=O) groups is 2. The van der Waals surface area contributed by atoms with E-state index in [4.69, 9.17) is 5.11 Å². The zero-order valence-electron chi connectivity index (χ0n) is 11.4. The average molecular weight is 314 g/mol. The first kappa shape index (κ1) is 14.5. The van der Waals surface area contributed by atoms with E-state index in [9.17, 15) is 14.5 Å². The molecular formula is C16H12NO4S+. The monoisotopic (exact) mass is 314 g/mol. The maximum Gasteiger partial charge on any atom is 0.335 e. The van der Waals surface area contributed by atoms with Crippen LogP contribution in [0, 0.1) is 4.91 Å². The van der Waals surface area contributed by atoms with Gasteiger partial charge in [-0.25, -0.2) is 4.79 Å². The molecule has 1 unspecified atom stereocenters. The molecule has 1 heterocycles. The Balaban J connectivity index is 1.95. The van der Waals surface area contributed by atoms with Gasteiger partial charge in [0.25, 0.3) is 18.0 Å². The maximum atomic E-state index is 12.6. The normalized spacial score (nSPS) is 17.2. The van der Waals surface area contributed by atoms with Crippen molar-refractivity contribution in [2.24, 2.45) is 0 Å². The molecule has 110 valence electrons. The molecule has 0 radical (unpaired) electrons. The van der Waals surface area contributed by atoms with Crippen molar-refractivity contribution in [2.75, 3.05) is 0 Å². The Morgan fingerprint density at radius 2 is 1.91 bits per heavy atom. The molecule has 0 saturated carbocycles. The van der Waals surface area contributed by atoms with Crippen molar-refractivity contribution in [1.29, 1.82) is 0 Å². The molecule has 3 rings (SSSR count). The Hall–Kier alpha value is -2.47. The molecule has 1 aliphatic rings. The van der Waals surface area contributed by atoms with Crippen LogP contribution in [-0.2, 0) is 6.42 Å². The minimum Gasteiger partial charge on any atom is -0.478 e. The van der Waals surface area contributed by atoms with Crippen molar-refractivity contribution < 1.29 is 18.9 Å². The van der Waals surface area contributed by atoms with Crippen molar-refractivity contribution in [3.63, 3.8) is 0 Å². The molecule has 1 atom stereocenters. The SMILES string of the molecule is O=C(O)c1ccc2c(c1)C(=O)C(Cc1ccccc1)[N+](=O)S2. The summed E-state index contributed by atoms with van der Waals surface area (Å²) in [6.45, 7) is 0. The van der Waals surface area contributed by atoms with E-state index in [0.717, 1.165) is 17.5 Å². The Kier molecular flexibility index (Phi) is 3.77. The first-order chi connectivity index (χ1) is 10.6. The molecular weight excluding hydrogens is 302 g/mol. The molecule has 0 spiro atoms. The van der Waals surface area contributed by atoms with Crippen LogP contribution < -0.4 is 0 Å². The summed E-state index contributed by atoms with van der Waals surface area (Å²) in [5, 5.41) is 9.04. The van der Waals surface area contributed by atoms with E-state index < -0.39 is 12.0 Å². The molecule has 1 aliphatic heterocycles. The predicted octanol–water partition coefficient (Wildman–Crippen LogP) is 2.98. The summed E-state index contributed by atoms with van der Waals surface area (Å²) in [6.07, 6.45) is 0.299. The van der Waals surface area contributed by atoms with Gasteiger partial charge in [0.2, 0.25) is 5.78 Å². The molecule has 6 heteroatoms. The maximum absolute atomic E-state index is 12.6. The van der Waals surface area contributed by atoms with Gasteiger partial charge in [-0.1, -0.05) is 30.3 Å². The fourth-order valence-electron chi connectivity index (χ4n) is 2.38. The highest BCUT2D eigenvalue weighted by molar-refractivity contribution is 7.93. The summed E-state index contributed by atoms with van der Waals surface area (Å²) in [4.78, 5) is 36.2. The van der Waals surface area contributed by atoms with Crippen molar-refractivity contribution in [2.45, 2.75) is 17.4 Å². The van der Waals surface area contributed by atoms with E-state index in [0.29, 0.717) is 21.0 Å². The first-order valence-electron chi connectivity index (χ1n) is 6.66. The number of fused-ring (bicyclic) bond motifs is 1. The molecule has 1 N–H and O–H groups in total. The number of nitroso groups, excluding NO2 is 1. The summed E-state index contributed by atoms with van der Waals surface area (Å²) >= 11 is 0.927. The van der Waals surface area contributed by atoms with E-state index in [1.807, 2.05) is 30.3 Å². The van der Waals surface area contributed by atoms with Crippen LogP contribution in [0.15, 0.2) is 53.4 Å². The number of rotatable bonds is 3. The highest BCUT2D eigenvalue weighted by Crippen LogP contribution is 2.33. The Morgan fingerprint density at radius 1 is 1.18 bits per heavy atom. The van der Waals surface area contributed by atoms with E-state index in [-0.39, 0.29) is 11.3 Å². The van der Waals surface area contributed by atoms with Crippen LogP contribution in [0.1, 0.15) is 26.3 Å². The van der Waals surface area contributed by atoms with Gasteiger partial charge in [-0.2, -0.15) is 0 Å². The van der Waals surface area contributed by atoms with Crippen molar-refractivity contribution in [1.82, 2.24) is 0 Å². The fraction of sp³-hybridized carbons (Fsp3) is 0.125. The van der Waals surface area contributed by atoms with Gasteiger partial charge in [0.15, 0.2) is 0 Å². The number of carboxylic acid groups (broad SMARTS) is 1. The molecule has 0 amide bonds. The third kappa shape index (κ3) is 2.65. The van der Waals surface area contributed by atoms with E-state index in [1.54, 1.807) is 0 Å². The fourth-order valence-corrected chi connectivity index (χ4v) is 3.25. The zero-order valence-corrected chi connectivity index (χ0v) is 12.2. The molecule has 0 aliphatic carbocycles. The minimum absolute atomic E-state index is 0.0468. The lowest BCUT2D eigenvalue weighted by molar-refractivity contribution is -0.402. The summed E-state index contributed by atoms with van der Waals surface area (Å²) in [5.74, 6) is -1.43. The first-order valence-corrected chi connectivity index (χ1v) is 7.43. The predicted molar refractivity (Wildman–Crippen MR) is 81.2 cm³/mol. The summed E-state index contributed by atoms with van der Waals surface area (Å²) in [5.41, 5.74) is 1.24. The van der Waals surface area contributed by atoms with Crippen LogP contribution in [0.2, 0.25) is 0 Å². The van der Waals surface area contributed by atoms with Gasteiger partial charge >= 0.3 is 5.97 Å². The van der Waals surface area contributed by atoms with Gasteiger partial charge in [0.1, 0.15) is 0 Å². The number of hydrogen-bond donors (Lipinski definition) is 1. The number of carboxylic acids is 1. The Bertz CT molecular complexity index is 773. The number of carbonyl (C=O) groups excluding carboxylic acids is 1. The summed E-state index contributed by atoms with van der Waals surface area (Å²) < 4.78 is 0.693. The second-order valence-electron chi connectivity index (χ2n) is 4.96. The van der Waals surface area contributed by atoms with Crippen LogP contribution in [-0.4, -0.2) is 27.1 Å². The number of aromatic carboxylic acids is 1. The summed E-state index contributed by atoms with van der Waals surface area (Å²) in [7, 11) is 0. The number of nitrogens with zero attached hydrogens (tertiary/aromatic N) is 1. The lowest BCUT2D eigenvalue weighted by atomic mass is 9.97. The van der Waals surface area contributed by atoms with Crippen LogP contribution in [0.5, 0.6) is 0 Å². The zero-order chi connectivity index (χ0) is 15.7. The molecule has 22 heavy (non-hydrogen) atoms. The second-order valence-corrected chi connectivity index (χ2v) is 5.94. The van der Waals surface area contributed by atoms with Crippen LogP contribution in [0.25, 0.3) is 0 Å². The quantitative estimate of drug-likeness (QED) is 0.696. The molecule has 0 saturated heterocycles. The number of ketones is 1. The topological polar surface area (TPSA) is 74.4 Å². The van der Waals surface area contributed by atoms with Crippen LogP contribution in [0.4, 0.5) is 0 Å². The largest absolute Gasteiger partial charge is 0.478 e. The molecule has 5 nitrogen and oxygen atoms in total. The number of Topliss-reactive ketones (excluding diaryl/α,β-unsaturated/α-hetero) is 1. The molecule has 2 aromatic rings. The van der Waals surface area contributed by atoms with Crippen molar-refractivity contribution >= 4 is 23.7 Å². The van der Waals surface area contributed by atoms with Gasteiger partial charge in [-0.05, 0) is 23.8 Å². The second kappa shape index (κ2) is 5.73. The Morgan fingerprint density at radius 3 is 2.59 bits per heavy atom. The van der Waals surface area contributed by atoms with E-state index in [2.05, 4.69) is 0 Å². The Labute approximate surface area is 130 Å². The summed E-state index contributed by atoms with van der Waals surface area (Å²) in [6, 6.07) is 12.7. The van der Waals surface area contributed by atoms with Crippen molar-refractivity contribution in [3.8, 4) is 0 Å². The smallest absolute Gasteiger partial charge is 0.335 e. The van der Waals surface area contributed by atoms with Gasteiger partial charge in [-0.3, -0.25) is 4.79 Å². The highest BCUT2D eigenvalue weighted by atomic mass is 32.2.